The van der Waals surface area contributed by atoms with E-state index in [4.69, 9.17) is 13.7 Å². The van der Waals surface area contributed by atoms with E-state index >= 15 is 0 Å². The number of furan rings is 1. The molecule has 0 bridgehead atoms. The van der Waals surface area contributed by atoms with Crippen molar-refractivity contribution in [2.75, 3.05) is 7.11 Å². The zero-order valence-electron chi connectivity index (χ0n) is 11.9. The second kappa shape index (κ2) is 5.05. The molecular weight excluding hydrogens is 272 g/mol. The van der Waals surface area contributed by atoms with Crippen molar-refractivity contribution in [3.8, 4) is 11.5 Å². The lowest BCUT2D eigenvalue weighted by Gasteiger charge is -2.05. The van der Waals surface area contributed by atoms with Crippen LogP contribution in [0, 0.1) is 0 Å². The number of carbonyl (C=O) groups is 1. The van der Waals surface area contributed by atoms with Gasteiger partial charge in [-0.3, -0.25) is 0 Å². The Labute approximate surface area is 120 Å². The number of methoxy groups -OCH3 is 1. The van der Waals surface area contributed by atoms with Crippen LogP contribution in [-0.4, -0.2) is 23.2 Å². The van der Waals surface area contributed by atoms with Gasteiger partial charge in [-0.15, -0.1) is 0 Å². The molecule has 108 valence electrons. The number of rotatable bonds is 3. The Bertz CT molecular complexity index is 787. The highest BCUT2D eigenvalue weighted by Gasteiger charge is 2.23. The molecule has 0 saturated carbocycles. The average molecular weight is 286 g/mol. The molecule has 21 heavy (non-hydrogen) atoms. The maximum absolute atomic E-state index is 12.1. The number of fused-ring (bicyclic) bond motifs is 1. The molecule has 0 atom stereocenters. The summed E-state index contributed by atoms with van der Waals surface area (Å²) in [5, 5.41) is 4.61. The number of nitrogens with zero attached hydrogens (tertiary/aromatic N) is 2. The van der Waals surface area contributed by atoms with E-state index in [2.05, 4.69) is 10.1 Å². The van der Waals surface area contributed by atoms with Gasteiger partial charge in [-0.2, -0.15) is 0 Å². The average Bonchev–Trinajstić information content (AvgIpc) is 3.14. The highest BCUT2D eigenvalue weighted by molar-refractivity contribution is 6.04. The fraction of sp³-hybridized carbons (Fsp3) is 0.267. The maximum atomic E-state index is 12.1. The Hall–Kier alpha value is -2.63. The predicted molar refractivity (Wildman–Crippen MR) is 74.9 cm³/mol. The van der Waals surface area contributed by atoms with Gasteiger partial charge in [-0.25, -0.2) is 9.78 Å². The fourth-order valence-electron chi connectivity index (χ4n) is 2.19. The number of hydrogen-bond acceptors (Lipinski definition) is 6. The summed E-state index contributed by atoms with van der Waals surface area (Å²) in [5.74, 6) is 0.191. The summed E-state index contributed by atoms with van der Waals surface area (Å²) < 4.78 is 15.4. The SMILES string of the molecule is COC(=O)c1cc(-c2ccco2)nc2onc(C(C)C)c12. The van der Waals surface area contributed by atoms with Crippen LogP contribution in [0.2, 0.25) is 0 Å². The van der Waals surface area contributed by atoms with E-state index in [0.717, 1.165) is 0 Å². The topological polar surface area (TPSA) is 78.4 Å². The van der Waals surface area contributed by atoms with Crippen LogP contribution >= 0.6 is 0 Å². The molecule has 0 aliphatic heterocycles. The first-order chi connectivity index (χ1) is 10.1. The van der Waals surface area contributed by atoms with Gasteiger partial charge in [0.1, 0.15) is 5.69 Å². The third kappa shape index (κ3) is 2.18. The number of carbonyl (C=O) groups excluding carboxylic acids is 1. The van der Waals surface area contributed by atoms with E-state index in [1.165, 1.54) is 7.11 Å². The van der Waals surface area contributed by atoms with Crippen LogP contribution in [-0.2, 0) is 4.74 Å². The summed E-state index contributed by atoms with van der Waals surface area (Å²) in [6, 6.07) is 5.14. The van der Waals surface area contributed by atoms with E-state index in [9.17, 15) is 4.79 Å². The van der Waals surface area contributed by atoms with Crippen molar-refractivity contribution in [2.45, 2.75) is 19.8 Å². The molecular formula is C15H14N2O4. The lowest BCUT2D eigenvalue weighted by molar-refractivity contribution is 0.0603. The molecule has 0 fully saturated rings. The van der Waals surface area contributed by atoms with Gasteiger partial charge >= 0.3 is 5.97 Å². The standard InChI is InChI=1S/C15H14N2O4/c1-8(2)13-12-9(15(18)19-3)7-10(11-5-4-6-20-11)16-14(12)21-17-13/h4-8H,1-3H3. The van der Waals surface area contributed by atoms with Gasteiger partial charge in [0.15, 0.2) is 5.76 Å². The molecule has 0 saturated heterocycles. The van der Waals surface area contributed by atoms with Crippen molar-refractivity contribution < 1.29 is 18.5 Å². The van der Waals surface area contributed by atoms with Gasteiger partial charge < -0.3 is 13.7 Å². The molecule has 0 aromatic carbocycles. The number of pyridine rings is 1. The Balaban J connectivity index is 2.30. The van der Waals surface area contributed by atoms with Crippen molar-refractivity contribution in [2.24, 2.45) is 0 Å². The van der Waals surface area contributed by atoms with E-state index < -0.39 is 5.97 Å². The Morgan fingerprint density at radius 1 is 1.38 bits per heavy atom. The molecule has 0 radical (unpaired) electrons. The van der Waals surface area contributed by atoms with Crippen molar-refractivity contribution in [3.05, 3.63) is 35.7 Å². The van der Waals surface area contributed by atoms with Crippen molar-refractivity contribution in [3.63, 3.8) is 0 Å². The second-order valence-corrected chi connectivity index (χ2v) is 4.93. The van der Waals surface area contributed by atoms with Gasteiger partial charge in [0.05, 0.1) is 30.0 Å². The molecule has 6 heteroatoms. The second-order valence-electron chi connectivity index (χ2n) is 4.93. The Morgan fingerprint density at radius 3 is 2.81 bits per heavy atom. The molecule has 6 nitrogen and oxygen atoms in total. The normalized spacial score (nSPS) is 11.2. The molecule has 3 aromatic heterocycles. The monoisotopic (exact) mass is 286 g/mol. The molecule has 0 N–H and O–H groups in total. The number of ether oxygens (including phenoxy) is 1. The maximum Gasteiger partial charge on any atom is 0.338 e. The first-order valence-electron chi connectivity index (χ1n) is 6.54. The van der Waals surface area contributed by atoms with Crippen LogP contribution in [0.4, 0.5) is 0 Å². The minimum atomic E-state index is -0.458. The minimum absolute atomic E-state index is 0.103. The first-order valence-corrected chi connectivity index (χ1v) is 6.54. The zero-order valence-corrected chi connectivity index (χ0v) is 11.9. The van der Waals surface area contributed by atoms with Gasteiger partial charge in [0.2, 0.25) is 0 Å². The first kappa shape index (κ1) is 13.4. The van der Waals surface area contributed by atoms with Gasteiger partial charge in [0.25, 0.3) is 5.71 Å². The molecule has 0 aliphatic rings. The van der Waals surface area contributed by atoms with E-state index in [-0.39, 0.29) is 5.92 Å². The smallest absolute Gasteiger partial charge is 0.338 e. The molecule has 3 heterocycles. The summed E-state index contributed by atoms with van der Waals surface area (Å²) in [6.45, 7) is 3.94. The van der Waals surface area contributed by atoms with Crippen LogP contribution in [0.1, 0.15) is 35.8 Å². The van der Waals surface area contributed by atoms with Gasteiger partial charge in [0, 0.05) is 0 Å². The molecule has 0 amide bonds. The molecule has 3 aromatic rings. The van der Waals surface area contributed by atoms with Crippen molar-refractivity contribution in [1.82, 2.24) is 10.1 Å². The Kier molecular flexibility index (Phi) is 3.21. The summed E-state index contributed by atoms with van der Waals surface area (Å²) in [5.41, 5.74) is 1.86. The molecule has 3 rings (SSSR count). The molecule has 0 unspecified atom stereocenters. The third-order valence-corrected chi connectivity index (χ3v) is 3.20. The van der Waals surface area contributed by atoms with Crippen LogP contribution in [0.3, 0.4) is 0 Å². The molecule has 0 aliphatic carbocycles. The lowest BCUT2D eigenvalue weighted by Crippen LogP contribution is -2.04. The number of hydrogen-bond donors (Lipinski definition) is 0. The zero-order chi connectivity index (χ0) is 15.0. The summed E-state index contributed by atoms with van der Waals surface area (Å²) in [7, 11) is 1.34. The van der Waals surface area contributed by atoms with E-state index in [0.29, 0.717) is 33.8 Å². The van der Waals surface area contributed by atoms with Crippen molar-refractivity contribution >= 4 is 17.1 Å². The van der Waals surface area contributed by atoms with Crippen LogP contribution in [0.15, 0.2) is 33.4 Å². The Morgan fingerprint density at radius 2 is 2.19 bits per heavy atom. The largest absolute Gasteiger partial charge is 0.465 e. The number of esters is 1. The lowest BCUT2D eigenvalue weighted by atomic mass is 10.0. The minimum Gasteiger partial charge on any atom is -0.465 e. The van der Waals surface area contributed by atoms with Crippen LogP contribution < -0.4 is 0 Å². The number of aromatic nitrogens is 2. The molecule has 0 spiro atoms. The summed E-state index contributed by atoms with van der Waals surface area (Å²) in [6.07, 6.45) is 1.54. The third-order valence-electron chi connectivity index (χ3n) is 3.20. The van der Waals surface area contributed by atoms with Crippen LogP contribution in [0.25, 0.3) is 22.6 Å². The van der Waals surface area contributed by atoms with E-state index in [1.807, 2.05) is 13.8 Å². The highest BCUT2D eigenvalue weighted by Crippen LogP contribution is 2.31. The fourth-order valence-corrected chi connectivity index (χ4v) is 2.19. The predicted octanol–water partition coefficient (Wildman–Crippen LogP) is 3.39. The van der Waals surface area contributed by atoms with E-state index in [1.54, 1.807) is 24.5 Å². The van der Waals surface area contributed by atoms with Gasteiger partial charge in [-0.1, -0.05) is 19.0 Å². The highest BCUT2D eigenvalue weighted by atomic mass is 16.5. The van der Waals surface area contributed by atoms with Crippen molar-refractivity contribution in [1.29, 1.82) is 0 Å². The summed E-state index contributed by atoms with van der Waals surface area (Å²) >= 11 is 0. The van der Waals surface area contributed by atoms with Gasteiger partial charge in [-0.05, 0) is 24.1 Å². The van der Waals surface area contributed by atoms with Crippen LogP contribution in [0.5, 0.6) is 0 Å². The summed E-state index contributed by atoms with van der Waals surface area (Å²) in [4.78, 5) is 16.4. The quantitative estimate of drug-likeness (QED) is 0.687.